The first-order valence-corrected chi connectivity index (χ1v) is 7.50. The van der Waals surface area contributed by atoms with Gasteiger partial charge >= 0.3 is 7.25 Å². The number of benzene rings is 2. The molecule has 0 unspecified atom stereocenters. The van der Waals surface area contributed by atoms with Crippen LogP contribution in [-0.2, 0) is 0 Å². The van der Waals surface area contributed by atoms with E-state index in [2.05, 4.69) is 6.07 Å². The van der Waals surface area contributed by atoms with Crippen molar-refractivity contribution in [2.75, 3.05) is 0 Å². The van der Waals surface area contributed by atoms with Crippen molar-refractivity contribution in [3.05, 3.63) is 76.5 Å². The minimum Gasteiger partial charge on any atom is -0.418 e. The highest BCUT2D eigenvalue weighted by molar-refractivity contribution is 7.12. The maximum Gasteiger partial charge on any atom is 0.673 e. The average molecular weight is 338 g/mol. The van der Waals surface area contributed by atoms with Gasteiger partial charge in [-0.15, -0.1) is 0 Å². The molecule has 0 amide bonds. The van der Waals surface area contributed by atoms with Crippen LogP contribution in [0, 0.1) is 0 Å². The zero-order valence-electron chi connectivity index (χ0n) is 11.8. The highest BCUT2D eigenvalue weighted by atomic mass is 32.1. The molecule has 0 atom stereocenters. The molecule has 3 rings (SSSR count). The van der Waals surface area contributed by atoms with Crippen LogP contribution in [0.4, 0.5) is 17.3 Å². The molecule has 0 aliphatic rings. The molecule has 0 aliphatic heterocycles. The topological polar surface area (TPSA) is 17.1 Å². The quantitative estimate of drug-likeness (QED) is 0.253. The van der Waals surface area contributed by atoms with Crippen LogP contribution in [-0.4, -0.2) is 13.0 Å². The van der Waals surface area contributed by atoms with Crippen LogP contribution in [0.3, 0.4) is 0 Å². The molecule has 0 saturated heterocycles. The molecule has 0 N–H and O–H groups in total. The molecule has 0 spiro atoms. The highest BCUT2D eigenvalue weighted by Crippen LogP contribution is 2.22. The molecule has 0 radical (unpaired) electrons. The SMILES string of the molecule is F[B-](F)(F)F.O=C(c1ccccc1)c1cc2ccccc2c[s+]1. The molecule has 23 heavy (non-hydrogen) atoms. The van der Waals surface area contributed by atoms with Gasteiger partial charge in [0.25, 0.3) is 10.7 Å². The number of fused-ring (bicyclic) bond motifs is 1. The Morgan fingerprint density at radius 3 is 1.96 bits per heavy atom. The molecule has 0 fully saturated rings. The lowest BCUT2D eigenvalue weighted by atomic mass is 10.1. The van der Waals surface area contributed by atoms with Crippen molar-refractivity contribution in [3.8, 4) is 0 Å². The molecule has 3 aromatic rings. The van der Waals surface area contributed by atoms with E-state index in [1.165, 1.54) is 16.7 Å². The largest absolute Gasteiger partial charge is 0.673 e. The first-order valence-electron chi connectivity index (χ1n) is 6.62. The third-order valence-corrected chi connectivity index (χ3v) is 3.78. The van der Waals surface area contributed by atoms with Gasteiger partial charge in [0.15, 0.2) is 0 Å². The Bertz CT molecular complexity index is 800. The van der Waals surface area contributed by atoms with Gasteiger partial charge in [0.1, 0.15) is 0 Å². The van der Waals surface area contributed by atoms with E-state index in [1.54, 1.807) is 0 Å². The molecule has 1 nitrogen and oxygen atoms in total. The molecule has 0 saturated carbocycles. The summed E-state index contributed by atoms with van der Waals surface area (Å²) in [6.07, 6.45) is 0. The predicted octanol–water partition coefficient (Wildman–Crippen LogP) is 5.71. The Morgan fingerprint density at radius 2 is 1.35 bits per heavy atom. The van der Waals surface area contributed by atoms with Crippen LogP contribution >= 0.6 is 11.3 Å². The standard InChI is InChI=1S/C16H11OS.BF4/c17-16(12-6-2-1-3-7-12)15-10-13-8-4-5-9-14(13)11-18-15;2-1(3,4)5/h1-11H;/q+1;-1. The zero-order chi connectivity index (χ0) is 16.9. The maximum absolute atomic E-state index is 12.3. The number of hydrogen-bond donors (Lipinski definition) is 0. The Hall–Kier alpha value is -2.28. The first kappa shape index (κ1) is 17.1. The summed E-state index contributed by atoms with van der Waals surface area (Å²) in [6, 6.07) is 19.5. The van der Waals surface area contributed by atoms with Gasteiger partial charge < -0.3 is 17.3 Å². The fourth-order valence-corrected chi connectivity index (χ4v) is 2.79. The third-order valence-electron chi connectivity index (χ3n) is 2.86. The van der Waals surface area contributed by atoms with Gasteiger partial charge in [-0.05, 0) is 11.5 Å². The van der Waals surface area contributed by atoms with Crippen LogP contribution in [0.15, 0.2) is 66.0 Å². The zero-order valence-corrected chi connectivity index (χ0v) is 12.6. The molecule has 0 bridgehead atoms. The van der Waals surface area contributed by atoms with Crippen molar-refractivity contribution in [2.45, 2.75) is 0 Å². The molecule has 2 aromatic carbocycles. The summed E-state index contributed by atoms with van der Waals surface area (Å²) in [7, 11) is -6.00. The first-order chi connectivity index (χ1) is 10.8. The van der Waals surface area contributed by atoms with Crippen LogP contribution in [0.1, 0.15) is 15.2 Å². The van der Waals surface area contributed by atoms with E-state index in [0.29, 0.717) is 0 Å². The summed E-state index contributed by atoms with van der Waals surface area (Å²) >= 11 is 1.50. The highest BCUT2D eigenvalue weighted by Gasteiger charge is 2.20. The second-order valence-electron chi connectivity index (χ2n) is 4.56. The van der Waals surface area contributed by atoms with Crippen molar-refractivity contribution in [1.82, 2.24) is 0 Å². The van der Waals surface area contributed by atoms with Gasteiger partial charge in [-0.3, -0.25) is 4.79 Å². The van der Waals surface area contributed by atoms with Gasteiger partial charge in [-0.2, -0.15) is 0 Å². The van der Waals surface area contributed by atoms with Crippen molar-refractivity contribution in [2.24, 2.45) is 0 Å². The summed E-state index contributed by atoms with van der Waals surface area (Å²) in [5, 5.41) is 4.31. The fourth-order valence-electron chi connectivity index (χ4n) is 1.90. The minimum absolute atomic E-state index is 0.0892. The van der Waals surface area contributed by atoms with E-state index in [4.69, 9.17) is 0 Å². The molecular formula is C16H11BF4OS. The van der Waals surface area contributed by atoms with Gasteiger partial charge in [0.05, 0.1) is 0 Å². The molecule has 0 aliphatic carbocycles. The molecule has 118 valence electrons. The number of halogens is 4. The second kappa shape index (κ2) is 7.33. The number of carbonyl (C=O) groups is 1. The summed E-state index contributed by atoms with van der Waals surface area (Å²) in [5.74, 6) is 0.0892. The Kier molecular flexibility index (Phi) is 5.44. The molecule has 7 heteroatoms. The van der Waals surface area contributed by atoms with Gasteiger partial charge in [0.2, 0.25) is 16.7 Å². The van der Waals surface area contributed by atoms with E-state index in [0.717, 1.165) is 15.8 Å². The van der Waals surface area contributed by atoms with Gasteiger partial charge in [-0.25, -0.2) is 0 Å². The van der Waals surface area contributed by atoms with Crippen molar-refractivity contribution in [3.63, 3.8) is 0 Å². The van der Waals surface area contributed by atoms with Crippen molar-refractivity contribution < 1.29 is 22.1 Å². The minimum atomic E-state index is -6.00. The fraction of sp³-hybridized carbons (Fsp3) is 0. The van der Waals surface area contributed by atoms with Gasteiger partial charge in [-0.1, -0.05) is 48.5 Å². The number of hydrogen-bond acceptors (Lipinski definition) is 1. The molecule has 1 heterocycles. The van der Waals surface area contributed by atoms with Crippen molar-refractivity contribution >= 4 is 35.1 Å². The number of carbonyl (C=O) groups excluding carboxylic acids is 1. The number of ketones is 1. The van der Waals surface area contributed by atoms with E-state index in [-0.39, 0.29) is 5.78 Å². The predicted molar refractivity (Wildman–Crippen MR) is 86.3 cm³/mol. The summed E-state index contributed by atoms with van der Waals surface area (Å²) < 4.78 is 39.0. The maximum atomic E-state index is 12.3. The van der Waals surface area contributed by atoms with Gasteiger partial charge in [0, 0.05) is 17.0 Å². The smallest absolute Gasteiger partial charge is 0.418 e. The van der Waals surface area contributed by atoms with Crippen LogP contribution in [0.2, 0.25) is 0 Å². The van der Waals surface area contributed by atoms with Crippen LogP contribution in [0.5, 0.6) is 0 Å². The van der Waals surface area contributed by atoms with Crippen LogP contribution < -0.4 is 0 Å². The van der Waals surface area contributed by atoms with E-state index >= 15 is 0 Å². The monoisotopic (exact) mass is 338 g/mol. The lowest BCUT2D eigenvalue weighted by Crippen LogP contribution is -2.02. The number of rotatable bonds is 2. The molecular weight excluding hydrogens is 327 g/mol. The lowest BCUT2D eigenvalue weighted by molar-refractivity contribution is 0.104. The third kappa shape index (κ3) is 5.45. The van der Waals surface area contributed by atoms with Crippen molar-refractivity contribution in [1.29, 1.82) is 0 Å². The van der Waals surface area contributed by atoms with E-state index in [1.807, 2.05) is 60.0 Å². The van der Waals surface area contributed by atoms with E-state index in [9.17, 15) is 22.1 Å². The summed E-state index contributed by atoms with van der Waals surface area (Å²) in [6.45, 7) is 0. The summed E-state index contributed by atoms with van der Waals surface area (Å²) in [4.78, 5) is 13.1. The lowest BCUT2D eigenvalue weighted by Gasteiger charge is -1.95. The average Bonchev–Trinajstić information content (AvgIpc) is 2.53. The Labute approximate surface area is 134 Å². The van der Waals surface area contributed by atoms with E-state index < -0.39 is 7.25 Å². The normalized spacial score (nSPS) is 10.8. The molecule has 1 aromatic heterocycles. The Morgan fingerprint density at radius 1 is 0.826 bits per heavy atom. The Balaban J connectivity index is 0.000000338. The van der Waals surface area contributed by atoms with Crippen LogP contribution in [0.25, 0.3) is 10.8 Å². The second-order valence-corrected chi connectivity index (χ2v) is 5.47. The summed E-state index contributed by atoms with van der Waals surface area (Å²) in [5.41, 5.74) is 0.740.